The topological polar surface area (TPSA) is 122 Å². The first-order valence-corrected chi connectivity index (χ1v) is 13.2. The molecule has 1 fully saturated rings. The van der Waals surface area contributed by atoms with Crippen molar-refractivity contribution in [2.75, 3.05) is 11.9 Å². The number of hydrogen-bond acceptors (Lipinski definition) is 5. The summed E-state index contributed by atoms with van der Waals surface area (Å²) < 4.78 is 59.9. The van der Waals surface area contributed by atoms with Gasteiger partial charge in [-0.2, -0.15) is 13.2 Å². The van der Waals surface area contributed by atoms with Gasteiger partial charge in [-0.15, -0.1) is 0 Å². The van der Waals surface area contributed by atoms with E-state index < -0.39 is 60.7 Å². The van der Waals surface area contributed by atoms with E-state index in [1.807, 2.05) is 6.07 Å². The van der Waals surface area contributed by atoms with Crippen molar-refractivity contribution in [1.82, 2.24) is 9.80 Å². The lowest BCUT2D eigenvalue weighted by molar-refractivity contribution is -0.187. The first-order chi connectivity index (χ1) is 20.3. The predicted molar refractivity (Wildman–Crippen MR) is 146 cm³/mol. The lowest BCUT2D eigenvalue weighted by atomic mass is 9.93. The number of aryl methyl sites for hydroxylation is 1. The number of carbonyl (C=O) groups excluding carboxylic acids is 4. The normalized spacial score (nSPS) is 18.4. The van der Waals surface area contributed by atoms with Crippen molar-refractivity contribution >= 4 is 29.6 Å². The van der Waals surface area contributed by atoms with Crippen LogP contribution < -0.4 is 11.1 Å². The molecule has 43 heavy (non-hydrogen) atoms. The fourth-order valence-corrected chi connectivity index (χ4v) is 5.35. The number of imide groups is 1. The standard InChI is InChI=1S/C30H26F4N4O5/c1-17(30(32,33)34)37(15-18-2-7-22(31)8-3-18)25(39)16-38-26(40)29(43-28(38)42)13-12-21-14-20(6-11-24(21)29)19-4-9-23(10-5-19)36-27(35)41/h2-11,14,17H,12-13,15-16H2,1H3,(H3,35,36,41)/t17-,29+/m0/s1. The highest BCUT2D eigenvalue weighted by atomic mass is 19.4. The molecule has 13 heteroatoms. The zero-order valence-corrected chi connectivity index (χ0v) is 22.8. The minimum absolute atomic E-state index is 0.0980. The van der Waals surface area contributed by atoms with Crippen LogP contribution in [0.25, 0.3) is 11.1 Å². The summed E-state index contributed by atoms with van der Waals surface area (Å²) in [6.07, 6.45) is -5.46. The number of primary amides is 1. The Bertz CT molecular complexity index is 1590. The molecule has 3 N–H and O–H groups in total. The number of nitrogens with zero attached hydrogens (tertiary/aromatic N) is 2. The van der Waals surface area contributed by atoms with Crippen LogP contribution in [-0.2, 0) is 32.9 Å². The van der Waals surface area contributed by atoms with E-state index in [-0.39, 0.29) is 12.0 Å². The van der Waals surface area contributed by atoms with Crippen LogP contribution in [-0.4, -0.2) is 52.5 Å². The second-order valence-corrected chi connectivity index (χ2v) is 10.4. The Labute approximate surface area is 243 Å². The molecular formula is C30H26F4N4O5. The maximum Gasteiger partial charge on any atom is 0.418 e. The third kappa shape index (κ3) is 5.74. The van der Waals surface area contributed by atoms with Gasteiger partial charge in [0.05, 0.1) is 0 Å². The molecule has 0 unspecified atom stereocenters. The Kier molecular flexibility index (Phi) is 7.59. The molecular weight excluding hydrogens is 572 g/mol. The third-order valence-electron chi connectivity index (χ3n) is 7.67. The van der Waals surface area contributed by atoms with Gasteiger partial charge in [-0.05, 0) is 59.9 Å². The van der Waals surface area contributed by atoms with Crippen molar-refractivity contribution in [2.24, 2.45) is 5.73 Å². The number of halogens is 4. The number of nitrogens with two attached hydrogens (primary N) is 1. The number of carbonyl (C=O) groups is 4. The van der Waals surface area contributed by atoms with E-state index in [0.717, 1.165) is 35.7 Å². The number of amides is 5. The van der Waals surface area contributed by atoms with E-state index in [0.29, 0.717) is 27.5 Å². The first kappa shape index (κ1) is 29.5. The van der Waals surface area contributed by atoms with Crippen molar-refractivity contribution < 1.29 is 41.5 Å². The smallest absolute Gasteiger partial charge is 0.418 e. The summed E-state index contributed by atoms with van der Waals surface area (Å²) in [6.45, 7) is -0.688. The molecule has 9 nitrogen and oxygen atoms in total. The Hall–Kier alpha value is -4.94. The van der Waals surface area contributed by atoms with Crippen molar-refractivity contribution in [3.05, 3.63) is 89.2 Å². The van der Waals surface area contributed by atoms with Crippen LogP contribution in [0.4, 0.5) is 32.8 Å². The molecule has 0 saturated carbocycles. The number of benzene rings is 3. The molecule has 1 heterocycles. The Morgan fingerprint density at radius 2 is 1.70 bits per heavy atom. The van der Waals surface area contributed by atoms with E-state index >= 15 is 0 Å². The number of fused-ring (bicyclic) bond motifs is 2. The second kappa shape index (κ2) is 11.0. The van der Waals surface area contributed by atoms with Crippen molar-refractivity contribution in [2.45, 2.75) is 44.1 Å². The van der Waals surface area contributed by atoms with Gasteiger partial charge in [-0.1, -0.05) is 42.5 Å². The lowest BCUT2D eigenvalue weighted by Gasteiger charge is -2.31. The van der Waals surface area contributed by atoms with E-state index in [9.17, 15) is 36.7 Å². The average Bonchev–Trinajstić information content (AvgIpc) is 3.43. The van der Waals surface area contributed by atoms with Crippen molar-refractivity contribution in [1.29, 1.82) is 0 Å². The molecule has 1 aliphatic heterocycles. The quantitative estimate of drug-likeness (QED) is 0.368. The molecule has 1 aliphatic carbocycles. The summed E-state index contributed by atoms with van der Waals surface area (Å²) in [5, 5.41) is 2.47. The third-order valence-corrected chi connectivity index (χ3v) is 7.67. The highest BCUT2D eigenvalue weighted by molar-refractivity contribution is 6.06. The van der Waals surface area contributed by atoms with Crippen molar-refractivity contribution in [3.63, 3.8) is 0 Å². The van der Waals surface area contributed by atoms with Crippen LogP contribution >= 0.6 is 0 Å². The average molecular weight is 599 g/mol. The van der Waals surface area contributed by atoms with Crippen LogP contribution in [0.5, 0.6) is 0 Å². The number of alkyl halides is 3. The van der Waals surface area contributed by atoms with Crippen molar-refractivity contribution in [3.8, 4) is 11.1 Å². The molecule has 224 valence electrons. The highest BCUT2D eigenvalue weighted by Crippen LogP contribution is 2.46. The van der Waals surface area contributed by atoms with Gasteiger partial charge in [0.1, 0.15) is 18.4 Å². The maximum absolute atomic E-state index is 13.7. The van der Waals surface area contributed by atoms with Gasteiger partial charge < -0.3 is 20.7 Å². The number of hydrogen-bond donors (Lipinski definition) is 2. The molecule has 1 spiro atoms. The molecule has 3 aromatic carbocycles. The summed E-state index contributed by atoms with van der Waals surface area (Å²) in [6, 6.07) is 13.8. The maximum atomic E-state index is 13.7. The van der Waals surface area contributed by atoms with Crippen LogP contribution in [0.2, 0.25) is 0 Å². The first-order valence-electron chi connectivity index (χ1n) is 13.2. The zero-order valence-electron chi connectivity index (χ0n) is 22.8. The summed E-state index contributed by atoms with van der Waals surface area (Å²) in [5.41, 5.74) is 6.95. The van der Waals surface area contributed by atoms with Gasteiger partial charge in [0.2, 0.25) is 11.5 Å². The largest absolute Gasteiger partial charge is 0.427 e. The number of urea groups is 1. The van der Waals surface area contributed by atoms with Gasteiger partial charge in [0.15, 0.2) is 0 Å². The van der Waals surface area contributed by atoms with Gasteiger partial charge in [0, 0.05) is 24.2 Å². The second-order valence-electron chi connectivity index (χ2n) is 10.4. The molecule has 0 radical (unpaired) electrons. The summed E-state index contributed by atoms with van der Waals surface area (Å²) in [7, 11) is 0. The minimum Gasteiger partial charge on any atom is -0.427 e. The van der Waals surface area contributed by atoms with Crippen LogP contribution in [0.1, 0.15) is 30.0 Å². The number of rotatable bonds is 7. The highest BCUT2D eigenvalue weighted by Gasteiger charge is 2.58. The Morgan fingerprint density at radius 3 is 2.33 bits per heavy atom. The van der Waals surface area contributed by atoms with Crippen LogP contribution in [0, 0.1) is 5.82 Å². The van der Waals surface area contributed by atoms with Gasteiger partial charge in [-0.3, -0.25) is 9.59 Å². The zero-order chi connectivity index (χ0) is 31.1. The summed E-state index contributed by atoms with van der Waals surface area (Å²) in [4.78, 5) is 51.8. The molecule has 2 aliphatic rings. The fourth-order valence-electron chi connectivity index (χ4n) is 5.35. The van der Waals surface area contributed by atoms with Gasteiger partial charge in [0.25, 0.3) is 5.91 Å². The Balaban J connectivity index is 1.36. The SMILES string of the molecule is C[C@H](N(Cc1ccc(F)cc1)C(=O)CN1C(=O)O[C@@]2(CCc3cc(-c4ccc(NC(N)=O)cc4)ccc32)C1=O)C(F)(F)F. The predicted octanol–water partition coefficient (Wildman–Crippen LogP) is 5.08. The molecule has 3 aromatic rings. The summed E-state index contributed by atoms with van der Waals surface area (Å²) in [5.74, 6) is -2.56. The minimum atomic E-state index is -4.80. The van der Waals surface area contributed by atoms with Gasteiger partial charge in [-0.25, -0.2) is 18.9 Å². The summed E-state index contributed by atoms with van der Waals surface area (Å²) >= 11 is 0. The van der Waals surface area contributed by atoms with E-state index in [1.54, 1.807) is 36.4 Å². The van der Waals surface area contributed by atoms with Crippen LogP contribution in [0.3, 0.4) is 0 Å². The molecule has 0 bridgehead atoms. The van der Waals surface area contributed by atoms with Crippen LogP contribution in [0.15, 0.2) is 66.7 Å². The number of ether oxygens (including phenoxy) is 1. The molecule has 5 rings (SSSR count). The van der Waals surface area contributed by atoms with E-state index in [4.69, 9.17) is 10.5 Å². The Morgan fingerprint density at radius 1 is 1.05 bits per heavy atom. The van der Waals surface area contributed by atoms with E-state index in [2.05, 4.69) is 5.32 Å². The molecule has 0 aromatic heterocycles. The lowest BCUT2D eigenvalue weighted by Crippen LogP contribution is -2.51. The molecule has 1 saturated heterocycles. The molecule has 2 atom stereocenters. The number of nitrogens with one attached hydrogen (secondary N) is 1. The monoisotopic (exact) mass is 598 g/mol. The number of anilines is 1. The van der Waals surface area contributed by atoms with Gasteiger partial charge >= 0.3 is 18.3 Å². The molecule has 5 amide bonds. The fraction of sp³-hybridized carbons (Fsp3) is 0.267. The van der Waals surface area contributed by atoms with E-state index in [1.165, 1.54) is 12.1 Å².